The van der Waals surface area contributed by atoms with Gasteiger partial charge in [0.2, 0.25) is 5.91 Å². The number of benzene rings is 2. The fraction of sp³-hybridized carbons (Fsp3) is 0.250. The molecule has 0 aliphatic carbocycles. The summed E-state index contributed by atoms with van der Waals surface area (Å²) in [6.07, 6.45) is 13.3. The van der Waals surface area contributed by atoms with E-state index < -0.39 is 5.97 Å². The van der Waals surface area contributed by atoms with E-state index in [4.69, 9.17) is 11.2 Å². The van der Waals surface area contributed by atoms with Crippen LogP contribution in [0.4, 0.5) is 17.2 Å². The first-order chi connectivity index (χ1) is 17.4. The number of esters is 1. The summed E-state index contributed by atoms with van der Waals surface area (Å²) in [5.41, 5.74) is 2.92. The van der Waals surface area contributed by atoms with Gasteiger partial charge in [0, 0.05) is 22.3 Å². The van der Waals surface area contributed by atoms with Crippen molar-refractivity contribution in [1.29, 1.82) is 0 Å². The summed E-state index contributed by atoms with van der Waals surface area (Å²) in [6, 6.07) is 12.9. The highest BCUT2D eigenvalue weighted by Gasteiger charge is 2.08. The molecule has 0 atom stereocenters. The number of carbonyl (C=O) groups is 3. The number of anilines is 3. The van der Waals surface area contributed by atoms with E-state index in [-0.39, 0.29) is 18.1 Å². The minimum Gasteiger partial charge on any atom is -0.465 e. The van der Waals surface area contributed by atoms with Gasteiger partial charge in [0.05, 0.1) is 12.1 Å². The molecule has 0 bridgehead atoms. The number of nitrogens with zero attached hydrogens (tertiary/aromatic N) is 2. The SMILES string of the molecule is C#Cc1cccc(Nc2ncnc3ccc(NC(=O)/C=C/CCCCCOC(=O)CC(C)=O)cc23)c1. The lowest BCUT2D eigenvalue weighted by atomic mass is 10.1. The fourth-order valence-corrected chi connectivity index (χ4v) is 3.41. The summed E-state index contributed by atoms with van der Waals surface area (Å²) in [7, 11) is 0. The first kappa shape index (κ1) is 26.1. The van der Waals surface area contributed by atoms with Crippen LogP contribution in [0.5, 0.6) is 0 Å². The number of ether oxygens (including phenoxy) is 1. The van der Waals surface area contributed by atoms with Gasteiger partial charge in [0.25, 0.3) is 0 Å². The van der Waals surface area contributed by atoms with E-state index in [1.54, 1.807) is 6.07 Å². The summed E-state index contributed by atoms with van der Waals surface area (Å²) in [5.74, 6) is 2.29. The zero-order chi connectivity index (χ0) is 25.8. The predicted molar refractivity (Wildman–Crippen MR) is 140 cm³/mol. The molecule has 2 aromatic carbocycles. The standard InChI is InChI=1S/C28H28N4O4/c1-3-21-10-9-11-22(17-21)32-28-24-18-23(13-14-25(24)29-19-30-28)31-26(34)12-7-5-4-6-8-15-36-27(35)16-20(2)33/h1,7,9-14,17-19H,4-6,8,15-16H2,2H3,(H,31,34)(H,29,30,32)/b12-7+. The van der Waals surface area contributed by atoms with Gasteiger partial charge in [-0.25, -0.2) is 9.97 Å². The smallest absolute Gasteiger partial charge is 0.313 e. The molecule has 0 aliphatic heterocycles. The highest BCUT2D eigenvalue weighted by Crippen LogP contribution is 2.26. The molecular formula is C28H28N4O4. The zero-order valence-electron chi connectivity index (χ0n) is 20.1. The molecule has 36 heavy (non-hydrogen) atoms. The number of ketones is 1. The van der Waals surface area contributed by atoms with Crippen molar-refractivity contribution in [1.82, 2.24) is 9.97 Å². The number of Topliss-reactive ketones (excluding diaryl/α,β-unsaturated/α-hetero) is 1. The molecule has 1 amide bonds. The van der Waals surface area contributed by atoms with Crippen molar-refractivity contribution >= 4 is 45.8 Å². The minimum atomic E-state index is -0.486. The lowest BCUT2D eigenvalue weighted by molar-refractivity contribution is -0.145. The van der Waals surface area contributed by atoms with Gasteiger partial charge in [-0.15, -0.1) is 6.42 Å². The summed E-state index contributed by atoms with van der Waals surface area (Å²) < 4.78 is 4.98. The van der Waals surface area contributed by atoms with Crippen molar-refractivity contribution < 1.29 is 19.1 Å². The number of aromatic nitrogens is 2. The highest BCUT2D eigenvalue weighted by atomic mass is 16.5. The van der Waals surface area contributed by atoms with Crippen LogP contribution in [-0.4, -0.2) is 34.2 Å². The van der Waals surface area contributed by atoms with Gasteiger partial charge in [0.1, 0.15) is 24.3 Å². The summed E-state index contributed by atoms with van der Waals surface area (Å²) in [5, 5.41) is 6.88. The number of hydrogen-bond acceptors (Lipinski definition) is 7. The number of hydrogen-bond donors (Lipinski definition) is 2. The molecule has 3 rings (SSSR count). The summed E-state index contributed by atoms with van der Waals surface area (Å²) in [6.45, 7) is 1.66. The molecule has 2 N–H and O–H groups in total. The Balaban J connectivity index is 1.49. The topological polar surface area (TPSA) is 110 Å². The molecule has 0 saturated heterocycles. The Morgan fingerprint density at radius 2 is 1.92 bits per heavy atom. The van der Waals surface area contributed by atoms with Gasteiger partial charge in [0.15, 0.2) is 0 Å². The molecule has 3 aromatic rings. The van der Waals surface area contributed by atoms with E-state index in [9.17, 15) is 14.4 Å². The number of unbranched alkanes of at least 4 members (excludes halogenated alkanes) is 3. The molecule has 8 nitrogen and oxygen atoms in total. The van der Waals surface area contributed by atoms with Crippen LogP contribution >= 0.6 is 0 Å². The maximum atomic E-state index is 12.3. The third-order valence-electron chi connectivity index (χ3n) is 5.14. The van der Waals surface area contributed by atoms with Crippen molar-refractivity contribution in [3.63, 3.8) is 0 Å². The second-order valence-corrected chi connectivity index (χ2v) is 8.14. The summed E-state index contributed by atoms with van der Waals surface area (Å²) in [4.78, 5) is 43.1. The Morgan fingerprint density at radius 1 is 1.06 bits per heavy atom. The molecule has 1 aromatic heterocycles. The molecule has 0 saturated carbocycles. The van der Waals surface area contributed by atoms with E-state index in [0.717, 1.165) is 41.4 Å². The molecule has 0 unspecified atom stereocenters. The second kappa shape index (κ2) is 13.4. The lowest BCUT2D eigenvalue weighted by Gasteiger charge is -2.10. The van der Waals surface area contributed by atoms with Crippen LogP contribution in [0.15, 0.2) is 60.9 Å². The molecule has 1 heterocycles. The number of rotatable bonds is 12. The molecule has 8 heteroatoms. The monoisotopic (exact) mass is 484 g/mol. The van der Waals surface area contributed by atoms with Crippen LogP contribution in [0, 0.1) is 12.3 Å². The third-order valence-corrected chi connectivity index (χ3v) is 5.14. The first-order valence-corrected chi connectivity index (χ1v) is 11.7. The van der Waals surface area contributed by atoms with Crippen LogP contribution in [-0.2, 0) is 19.1 Å². The number of carbonyl (C=O) groups excluding carboxylic acids is 3. The number of fused-ring (bicyclic) bond motifs is 1. The van der Waals surface area contributed by atoms with Crippen molar-refractivity contribution in [2.45, 2.75) is 39.0 Å². The maximum absolute atomic E-state index is 12.3. The largest absolute Gasteiger partial charge is 0.465 e. The molecule has 184 valence electrons. The van der Waals surface area contributed by atoms with Crippen molar-refractivity contribution in [3.8, 4) is 12.3 Å². The van der Waals surface area contributed by atoms with E-state index >= 15 is 0 Å². The zero-order valence-corrected chi connectivity index (χ0v) is 20.1. The fourth-order valence-electron chi connectivity index (χ4n) is 3.41. The van der Waals surface area contributed by atoms with Crippen LogP contribution in [0.3, 0.4) is 0 Å². The third kappa shape index (κ3) is 8.37. The lowest BCUT2D eigenvalue weighted by Crippen LogP contribution is -2.09. The van der Waals surface area contributed by atoms with Gasteiger partial charge in [-0.1, -0.05) is 18.1 Å². The van der Waals surface area contributed by atoms with Crippen molar-refractivity contribution in [2.75, 3.05) is 17.2 Å². The van der Waals surface area contributed by atoms with Crippen LogP contribution in [0.25, 0.3) is 10.9 Å². The Morgan fingerprint density at radius 3 is 2.72 bits per heavy atom. The quantitative estimate of drug-likeness (QED) is 0.123. The Bertz CT molecular complexity index is 1310. The predicted octanol–water partition coefficient (Wildman–Crippen LogP) is 4.93. The van der Waals surface area contributed by atoms with E-state index in [2.05, 4.69) is 26.5 Å². The number of nitrogens with one attached hydrogen (secondary N) is 2. The maximum Gasteiger partial charge on any atom is 0.313 e. The van der Waals surface area contributed by atoms with Crippen molar-refractivity contribution in [2.24, 2.45) is 0 Å². The van der Waals surface area contributed by atoms with Gasteiger partial charge >= 0.3 is 5.97 Å². The normalized spacial score (nSPS) is 10.7. The summed E-state index contributed by atoms with van der Waals surface area (Å²) >= 11 is 0. The van der Waals surface area contributed by atoms with E-state index in [0.29, 0.717) is 24.5 Å². The number of allylic oxidation sites excluding steroid dienone is 1. The molecular weight excluding hydrogens is 456 g/mol. The molecule has 0 aliphatic rings. The van der Waals surface area contributed by atoms with Gasteiger partial charge < -0.3 is 15.4 Å². The van der Waals surface area contributed by atoms with Crippen LogP contribution in [0.1, 0.15) is 44.6 Å². The van der Waals surface area contributed by atoms with Gasteiger partial charge in [-0.3, -0.25) is 14.4 Å². The molecule has 0 spiro atoms. The number of amides is 1. The Labute approximate surface area is 210 Å². The average molecular weight is 485 g/mol. The first-order valence-electron chi connectivity index (χ1n) is 11.7. The highest BCUT2D eigenvalue weighted by molar-refractivity contribution is 6.01. The van der Waals surface area contributed by atoms with Crippen LogP contribution < -0.4 is 10.6 Å². The van der Waals surface area contributed by atoms with E-state index in [1.165, 1.54) is 19.3 Å². The van der Waals surface area contributed by atoms with Gasteiger partial charge in [-0.05, 0) is 75.1 Å². The minimum absolute atomic E-state index is 0.180. The van der Waals surface area contributed by atoms with Gasteiger partial charge in [-0.2, -0.15) is 0 Å². The van der Waals surface area contributed by atoms with Crippen molar-refractivity contribution in [3.05, 3.63) is 66.5 Å². The number of terminal acetylenes is 1. The van der Waals surface area contributed by atoms with Crippen LogP contribution in [0.2, 0.25) is 0 Å². The average Bonchev–Trinajstić information content (AvgIpc) is 2.85. The molecule has 0 radical (unpaired) electrons. The molecule has 0 fully saturated rings. The Kier molecular flexibility index (Phi) is 9.71. The van der Waals surface area contributed by atoms with E-state index in [1.807, 2.05) is 42.5 Å². The second-order valence-electron chi connectivity index (χ2n) is 8.14. The Hall–Kier alpha value is -4.51.